The molecule has 1 atom stereocenters. The van der Waals surface area contributed by atoms with Crippen LogP contribution in [0.5, 0.6) is 0 Å². The smallest absolute Gasteiger partial charge is 0.410 e. The number of imide groups is 1. The van der Waals surface area contributed by atoms with E-state index < -0.39 is 17.6 Å². The van der Waals surface area contributed by atoms with Crippen LogP contribution in [0.2, 0.25) is 0 Å². The van der Waals surface area contributed by atoms with Crippen molar-refractivity contribution in [2.24, 2.45) is 13.0 Å². The van der Waals surface area contributed by atoms with Crippen molar-refractivity contribution in [3.05, 3.63) is 28.7 Å². The van der Waals surface area contributed by atoms with Crippen LogP contribution in [0.1, 0.15) is 91.5 Å². The molecule has 11 nitrogen and oxygen atoms in total. The van der Waals surface area contributed by atoms with E-state index in [9.17, 15) is 24.0 Å². The summed E-state index contributed by atoms with van der Waals surface area (Å²) in [5.41, 5.74) is 1.02. The van der Waals surface area contributed by atoms with Gasteiger partial charge in [-0.15, -0.1) is 0 Å². The highest BCUT2D eigenvalue weighted by Crippen LogP contribution is 2.32. The van der Waals surface area contributed by atoms with E-state index in [2.05, 4.69) is 12.2 Å². The molecule has 4 rings (SSSR count). The number of hydrogen-bond donors (Lipinski definition) is 1. The van der Waals surface area contributed by atoms with Gasteiger partial charge < -0.3 is 14.5 Å². The van der Waals surface area contributed by atoms with Gasteiger partial charge in [0.1, 0.15) is 11.6 Å². The molecule has 2 aromatic rings. The average molecular weight is 584 g/mol. The summed E-state index contributed by atoms with van der Waals surface area (Å²) >= 11 is 0. The first-order valence-corrected chi connectivity index (χ1v) is 15.1. The lowest BCUT2D eigenvalue weighted by molar-refractivity contribution is -0.135. The zero-order valence-electron chi connectivity index (χ0n) is 25.8. The zero-order valence-corrected chi connectivity index (χ0v) is 25.8. The number of nitrogens with zero attached hydrogens (tertiary/aromatic N) is 4. The normalized spacial score (nSPS) is 21.2. The number of aromatic nitrogens is 2. The third-order valence-electron chi connectivity index (χ3n) is 8.43. The highest BCUT2D eigenvalue weighted by Gasteiger charge is 2.35. The summed E-state index contributed by atoms with van der Waals surface area (Å²) in [6, 6.07) is 4.75. The molecule has 2 heterocycles. The van der Waals surface area contributed by atoms with Crippen molar-refractivity contribution >= 4 is 40.5 Å². The molecule has 2 fully saturated rings. The van der Waals surface area contributed by atoms with Crippen molar-refractivity contribution in [3.63, 3.8) is 0 Å². The standard InChI is InChI=1S/C31H45N5O6/c1-7-8-9-18-35(28(39)20-10-12-21(13-11-20)33(5)30(41)42-31(2,3)4)22-14-15-23-25(19-22)34(6)29(40)36(23)24-16-17-26(37)32-27(24)38/h14-15,19-21,24H,7-13,16-18H2,1-6H3,(H,32,37,38). The molecule has 4 amide bonds. The molecular weight excluding hydrogens is 538 g/mol. The lowest BCUT2D eigenvalue weighted by atomic mass is 9.84. The number of carbonyl (C=O) groups is 4. The summed E-state index contributed by atoms with van der Waals surface area (Å²) in [5.74, 6) is -0.922. The van der Waals surface area contributed by atoms with E-state index in [1.807, 2.05) is 37.8 Å². The van der Waals surface area contributed by atoms with E-state index in [1.165, 1.54) is 9.13 Å². The van der Waals surface area contributed by atoms with Gasteiger partial charge >= 0.3 is 11.8 Å². The fourth-order valence-electron chi connectivity index (χ4n) is 6.05. The Kier molecular flexibility index (Phi) is 9.47. The molecular formula is C31H45N5O6. The molecule has 2 aliphatic rings. The predicted octanol–water partition coefficient (Wildman–Crippen LogP) is 4.27. The topological polar surface area (TPSA) is 123 Å². The number of amides is 4. The molecule has 1 N–H and O–H groups in total. The second kappa shape index (κ2) is 12.7. The van der Waals surface area contributed by atoms with E-state index in [0.29, 0.717) is 36.1 Å². The van der Waals surface area contributed by atoms with E-state index in [-0.39, 0.29) is 48.4 Å². The molecule has 1 aromatic heterocycles. The van der Waals surface area contributed by atoms with Crippen LogP contribution >= 0.6 is 0 Å². The largest absolute Gasteiger partial charge is 0.444 e. The Morgan fingerprint density at radius 3 is 2.33 bits per heavy atom. The minimum absolute atomic E-state index is 0.0235. The number of ether oxygens (including phenoxy) is 1. The number of imidazole rings is 1. The number of aryl methyl sites for hydroxylation is 1. The summed E-state index contributed by atoms with van der Waals surface area (Å²) in [6.07, 6.45) is 5.74. The van der Waals surface area contributed by atoms with Gasteiger partial charge in [-0.25, -0.2) is 9.59 Å². The molecule has 1 saturated heterocycles. The molecule has 42 heavy (non-hydrogen) atoms. The van der Waals surface area contributed by atoms with Gasteiger partial charge in [-0.05, 0) is 77.5 Å². The van der Waals surface area contributed by atoms with Crippen LogP contribution < -0.4 is 15.9 Å². The molecule has 1 unspecified atom stereocenters. The Morgan fingerprint density at radius 1 is 1.02 bits per heavy atom. The summed E-state index contributed by atoms with van der Waals surface area (Å²) in [4.78, 5) is 67.5. The maximum Gasteiger partial charge on any atom is 0.410 e. The second-order valence-electron chi connectivity index (χ2n) is 12.6. The van der Waals surface area contributed by atoms with E-state index in [1.54, 1.807) is 25.1 Å². The summed E-state index contributed by atoms with van der Waals surface area (Å²) in [7, 11) is 3.42. The fourth-order valence-corrected chi connectivity index (χ4v) is 6.05. The highest BCUT2D eigenvalue weighted by atomic mass is 16.6. The van der Waals surface area contributed by atoms with Crippen molar-refractivity contribution in [3.8, 4) is 0 Å². The Hall–Kier alpha value is -3.63. The van der Waals surface area contributed by atoms with Crippen molar-refractivity contribution < 1.29 is 23.9 Å². The molecule has 1 aliphatic heterocycles. The Morgan fingerprint density at radius 2 is 1.71 bits per heavy atom. The van der Waals surface area contributed by atoms with Gasteiger partial charge in [0.2, 0.25) is 17.7 Å². The second-order valence-corrected chi connectivity index (χ2v) is 12.6. The number of anilines is 1. The summed E-state index contributed by atoms with van der Waals surface area (Å²) in [5, 5.41) is 2.34. The summed E-state index contributed by atoms with van der Waals surface area (Å²) in [6.45, 7) is 8.23. The number of carbonyl (C=O) groups excluding carboxylic acids is 4. The Bertz CT molecular complexity index is 1390. The number of fused-ring (bicyclic) bond motifs is 1. The van der Waals surface area contributed by atoms with Crippen LogP contribution in [0.15, 0.2) is 23.0 Å². The summed E-state index contributed by atoms with van der Waals surface area (Å²) < 4.78 is 8.48. The van der Waals surface area contributed by atoms with Gasteiger partial charge in [0.25, 0.3) is 0 Å². The first-order chi connectivity index (χ1) is 19.8. The van der Waals surface area contributed by atoms with Crippen LogP contribution in [0.3, 0.4) is 0 Å². The maximum absolute atomic E-state index is 14.0. The SMILES string of the molecule is CCCCCN(C(=O)C1CCC(N(C)C(=O)OC(C)(C)C)CC1)c1ccc2c(c1)n(C)c(=O)n2C1CCC(=O)NC1=O. The first kappa shape index (κ1) is 31.3. The molecule has 0 radical (unpaired) electrons. The fraction of sp³-hybridized carbons (Fsp3) is 0.645. The van der Waals surface area contributed by atoms with E-state index in [0.717, 1.165) is 32.1 Å². The lowest BCUT2D eigenvalue weighted by Gasteiger charge is -2.36. The highest BCUT2D eigenvalue weighted by molar-refractivity contribution is 6.00. The minimum Gasteiger partial charge on any atom is -0.444 e. The molecule has 0 spiro atoms. The van der Waals surface area contributed by atoms with Gasteiger partial charge in [0.15, 0.2) is 0 Å². The van der Waals surface area contributed by atoms with Crippen LogP contribution in [0.25, 0.3) is 11.0 Å². The number of unbranched alkanes of at least 4 members (excludes halogenated alkanes) is 2. The first-order valence-electron chi connectivity index (χ1n) is 15.1. The van der Waals surface area contributed by atoms with Gasteiger partial charge in [-0.3, -0.25) is 28.8 Å². The van der Waals surface area contributed by atoms with Crippen LogP contribution in [-0.2, 0) is 26.2 Å². The molecule has 1 aromatic carbocycles. The molecule has 1 aliphatic carbocycles. The molecule has 0 bridgehead atoms. The van der Waals surface area contributed by atoms with E-state index >= 15 is 0 Å². The molecule has 11 heteroatoms. The number of hydrogen-bond acceptors (Lipinski definition) is 6. The third kappa shape index (κ3) is 6.71. The lowest BCUT2D eigenvalue weighted by Crippen LogP contribution is -2.45. The maximum atomic E-state index is 14.0. The average Bonchev–Trinajstić information content (AvgIpc) is 3.18. The number of nitrogens with one attached hydrogen (secondary N) is 1. The van der Waals surface area contributed by atoms with Crippen molar-refractivity contribution in [2.45, 2.75) is 103 Å². The minimum atomic E-state index is -0.763. The monoisotopic (exact) mass is 583 g/mol. The van der Waals surface area contributed by atoms with Crippen molar-refractivity contribution in [1.82, 2.24) is 19.4 Å². The van der Waals surface area contributed by atoms with Crippen LogP contribution in [-0.4, -0.2) is 63.1 Å². The zero-order chi connectivity index (χ0) is 30.8. The molecule has 1 saturated carbocycles. The predicted molar refractivity (Wildman–Crippen MR) is 160 cm³/mol. The quantitative estimate of drug-likeness (QED) is 0.366. The van der Waals surface area contributed by atoms with Crippen molar-refractivity contribution in [1.29, 1.82) is 0 Å². The van der Waals surface area contributed by atoms with Crippen molar-refractivity contribution in [2.75, 3.05) is 18.5 Å². The van der Waals surface area contributed by atoms with E-state index in [4.69, 9.17) is 4.74 Å². The van der Waals surface area contributed by atoms with Gasteiger partial charge in [-0.1, -0.05) is 19.8 Å². The van der Waals surface area contributed by atoms with Crippen LogP contribution in [0, 0.1) is 5.92 Å². The number of rotatable bonds is 8. The third-order valence-corrected chi connectivity index (χ3v) is 8.43. The number of benzene rings is 1. The Balaban J connectivity index is 1.55. The molecule has 230 valence electrons. The Labute approximate surface area is 247 Å². The van der Waals surface area contributed by atoms with Gasteiger partial charge in [-0.2, -0.15) is 0 Å². The van der Waals surface area contributed by atoms with Gasteiger partial charge in [0, 0.05) is 44.7 Å². The van der Waals surface area contributed by atoms with Gasteiger partial charge in [0.05, 0.1) is 11.0 Å². The van der Waals surface area contributed by atoms with Crippen LogP contribution in [0.4, 0.5) is 10.5 Å². The number of piperidine rings is 1.